The first-order valence-electron chi connectivity index (χ1n) is 10.9. The Hall–Kier alpha value is -0.963. The molecule has 3 rings (SSSR count). The number of hydrogen-bond acceptors (Lipinski definition) is 2. The van der Waals surface area contributed by atoms with Gasteiger partial charge in [-0.2, -0.15) is 0 Å². The van der Waals surface area contributed by atoms with E-state index in [9.17, 15) is 5.11 Å². The van der Waals surface area contributed by atoms with Crippen molar-refractivity contribution in [3.05, 3.63) is 17.2 Å². The second kappa shape index (κ2) is 10.4. The minimum atomic E-state index is -1.65. The molecule has 0 aromatic heterocycles. The van der Waals surface area contributed by atoms with Crippen LogP contribution in [0, 0.1) is 0 Å². The molecule has 2 aliphatic rings. The molecule has 0 heterocycles. The predicted octanol–water partition coefficient (Wildman–Crippen LogP) is 6.34. The van der Waals surface area contributed by atoms with Crippen molar-refractivity contribution in [1.82, 2.24) is 0 Å². The molecule has 0 saturated heterocycles. The van der Waals surface area contributed by atoms with Crippen molar-refractivity contribution in [3.8, 4) is 11.5 Å². The summed E-state index contributed by atoms with van der Waals surface area (Å²) in [5.74, 6) is 1.60. The summed E-state index contributed by atoms with van der Waals surface area (Å²) in [6.07, 6.45) is 16.6. The zero-order valence-electron chi connectivity index (χ0n) is 17.6. The number of hydrogen-bond donors (Lipinski definition) is 1. The first kappa shape index (κ1) is 21.3. The molecular weight excluding hydrogens is 336 g/mol. The number of aryl methyl sites for hydroxylation is 1. The van der Waals surface area contributed by atoms with E-state index in [0.717, 1.165) is 24.2 Å². The van der Waals surface area contributed by atoms with E-state index >= 15 is 0 Å². The molecule has 26 heavy (non-hydrogen) atoms. The molecule has 0 saturated carbocycles. The molecule has 3 heteroatoms. The number of rotatable bonds is 2. The fraction of sp³-hybridized carbons (Fsp3) is 0.739. The molecule has 0 unspecified atom stereocenters. The summed E-state index contributed by atoms with van der Waals surface area (Å²) in [7, 11) is 0.137. The maximum Gasteiger partial charge on any atom is 0.122 e. The minimum Gasteiger partial charge on any atom is -0.508 e. The van der Waals surface area contributed by atoms with Crippen molar-refractivity contribution in [2.75, 3.05) is 7.11 Å². The van der Waals surface area contributed by atoms with E-state index < -0.39 is 8.07 Å². The van der Waals surface area contributed by atoms with Crippen LogP contribution in [0.2, 0.25) is 19.6 Å². The van der Waals surface area contributed by atoms with Crippen LogP contribution in [0.25, 0.3) is 0 Å². The lowest BCUT2D eigenvalue weighted by Crippen LogP contribution is -2.41. The third kappa shape index (κ3) is 6.04. The summed E-state index contributed by atoms with van der Waals surface area (Å²) in [5.41, 5.74) is 2.39. The van der Waals surface area contributed by atoms with Crippen LogP contribution in [0.1, 0.15) is 81.8 Å². The van der Waals surface area contributed by atoms with Gasteiger partial charge >= 0.3 is 0 Å². The average Bonchev–Trinajstić information content (AvgIpc) is 2.58. The second-order valence-electron chi connectivity index (χ2n) is 9.08. The maximum absolute atomic E-state index is 11.1. The van der Waals surface area contributed by atoms with E-state index in [1.54, 1.807) is 7.11 Å². The summed E-state index contributed by atoms with van der Waals surface area (Å²) in [5, 5.41) is 12.4. The Balaban J connectivity index is 2.32. The molecular formula is C23H40O2Si. The monoisotopic (exact) mass is 376 g/mol. The summed E-state index contributed by atoms with van der Waals surface area (Å²) >= 11 is 0. The van der Waals surface area contributed by atoms with Gasteiger partial charge in [0.15, 0.2) is 0 Å². The van der Waals surface area contributed by atoms with Gasteiger partial charge in [-0.15, -0.1) is 0 Å². The largest absolute Gasteiger partial charge is 0.508 e. The smallest absolute Gasteiger partial charge is 0.122 e. The minimum absolute atomic E-state index is 0.587. The van der Waals surface area contributed by atoms with Crippen LogP contribution >= 0.6 is 0 Å². The summed E-state index contributed by atoms with van der Waals surface area (Å²) in [6.45, 7) is 7.03. The number of benzene rings is 1. The molecule has 0 fully saturated rings. The summed E-state index contributed by atoms with van der Waals surface area (Å²) < 4.78 is 5.80. The van der Waals surface area contributed by atoms with Gasteiger partial charge in [0, 0.05) is 0 Å². The molecule has 2 bridgehead atoms. The molecule has 2 aliphatic carbocycles. The van der Waals surface area contributed by atoms with Crippen LogP contribution in [-0.2, 0) is 12.8 Å². The van der Waals surface area contributed by atoms with Crippen molar-refractivity contribution < 1.29 is 9.84 Å². The number of methoxy groups -OCH3 is 1. The average molecular weight is 377 g/mol. The summed E-state index contributed by atoms with van der Waals surface area (Å²) in [4.78, 5) is 0. The SMILES string of the molecule is COc1cc2c(O)c([Si](C)(C)C)c1CCCCCCCCCCCCC2. The van der Waals surface area contributed by atoms with E-state index in [0.29, 0.717) is 5.75 Å². The standard InChI is InChI=1S/C23H40O2Si/c1-25-21-18-19-16-14-12-10-8-6-5-7-9-11-13-15-17-20(21)23(22(19)24)26(2,3)4/h18,24H,5-17H2,1-4H3. The van der Waals surface area contributed by atoms with Crippen LogP contribution in [-0.4, -0.2) is 20.3 Å². The Morgan fingerprint density at radius 3 is 1.69 bits per heavy atom. The van der Waals surface area contributed by atoms with Crippen LogP contribution in [0.15, 0.2) is 6.07 Å². The number of phenolic OH excluding ortho intramolecular Hbond substituents is 1. The van der Waals surface area contributed by atoms with Crippen LogP contribution in [0.5, 0.6) is 11.5 Å². The normalized spacial score (nSPS) is 18.5. The number of phenols is 1. The van der Waals surface area contributed by atoms with Gasteiger partial charge in [-0.05, 0) is 48.1 Å². The molecule has 148 valence electrons. The topological polar surface area (TPSA) is 29.5 Å². The molecule has 0 spiro atoms. The molecule has 1 N–H and O–H groups in total. The lowest BCUT2D eigenvalue weighted by molar-refractivity contribution is 0.405. The third-order valence-corrected chi connectivity index (χ3v) is 7.83. The molecule has 0 aliphatic heterocycles. The van der Waals surface area contributed by atoms with Crippen molar-refractivity contribution in [2.45, 2.75) is 103 Å². The molecule has 0 amide bonds. The van der Waals surface area contributed by atoms with Gasteiger partial charge in [0.05, 0.1) is 15.2 Å². The van der Waals surface area contributed by atoms with Crippen molar-refractivity contribution in [1.29, 1.82) is 0 Å². The van der Waals surface area contributed by atoms with Gasteiger partial charge in [0.25, 0.3) is 0 Å². The van der Waals surface area contributed by atoms with Crippen molar-refractivity contribution >= 4 is 13.3 Å². The van der Waals surface area contributed by atoms with Gasteiger partial charge in [-0.3, -0.25) is 0 Å². The van der Waals surface area contributed by atoms with E-state index in [4.69, 9.17) is 4.74 Å². The molecule has 2 nitrogen and oxygen atoms in total. The van der Waals surface area contributed by atoms with E-state index in [2.05, 4.69) is 25.7 Å². The van der Waals surface area contributed by atoms with Crippen molar-refractivity contribution in [3.63, 3.8) is 0 Å². The Labute approximate surface area is 162 Å². The van der Waals surface area contributed by atoms with Gasteiger partial charge in [-0.25, -0.2) is 0 Å². The van der Waals surface area contributed by atoms with Crippen LogP contribution in [0.3, 0.4) is 0 Å². The highest BCUT2D eigenvalue weighted by molar-refractivity contribution is 6.89. The fourth-order valence-corrected chi connectivity index (χ4v) is 6.40. The zero-order valence-corrected chi connectivity index (χ0v) is 18.6. The first-order chi connectivity index (χ1) is 12.4. The van der Waals surface area contributed by atoms with Gasteiger partial charge < -0.3 is 9.84 Å². The van der Waals surface area contributed by atoms with Crippen LogP contribution < -0.4 is 9.92 Å². The van der Waals surface area contributed by atoms with E-state index in [1.807, 2.05) is 0 Å². The van der Waals surface area contributed by atoms with Crippen LogP contribution in [0.4, 0.5) is 0 Å². The fourth-order valence-electron chi connectivity index (χ4n) is 4.38. The first-order valence-corrected chi connectivity index (χ1v) is 14.4. The number of ether oxygens (including phenoxy) is 1. The summed E-state index contributed by atoms with van der Waals surface area (Å²) in [6, 6.07) is 2.13. The molecule has 1 aromatic carbocycles. The highest BCUT2D eigenvalue weighted by Crippen LogP contribution is 2.32. The Kier molecular flexibility index (Phi) is 8.53. The number of aromatic hydroxyl groups is 1. The lowest BCUT2D eigenvalue weighted by Gasteiger charge is -2.26. The Morgan fingerprint density at radius 1 is 0.769 bits per heavy atom. The van der Waals surface area contributed by atoms with Crippen molar-refractivity contribution in [2.24, 2.45) is 0 Å². The zero-order chi connectivity index (χ0) is 19.0. The lowest BCUT2D eigenvalue weighted by atomic mass is 9.99. The molecule has 0 radical (unpaired) electrons. The maximum atomic E-state index is 11.1. The van der Waals surface area contributed by atoms with E-state index in [-0.39, 0.29) is 0 Å². The number of fused-ring (bicyclic) bond motifs is 14. The quantitative estimate of drug-likeness (QED) is 0.611. The van der Waals surface area contributed by atoms with Gasteiger partial charge in [0.2, 0.25) is 0 Å². The Morgan fingerprint density at radius 2 is 1.23 bits per heavy atom. The Bertz CT molecular complexity index is 560. The highest BCUT2D eigenvalue weighted by atomic mass is 28.3. The van der Waals surface area contributed by atoms with E-state index in [1.165, 1.54) is 81.4 Å². The third-order valence-electron chi connectivity index (χ3n) is 5.79. The predicted molar refractivity (Wildman–Crippen MR) is 116 cm³/mol. The molecule has 0 atom stereocenters. The molecule has 1 aromatic rings. The highest BCUT2D eigenvalue weighted by Gasteiger charge is 2.28. The van der Waals surface area contributed by atoms with Gasteiger partial charge in [-0.1, -0.05) is 77.4 Å². The van der Waals surface area contributed by atoms with Gasteiger partial charge in [0.1, 0.15) is 11.5 Å². The second-order valence-corrected chi connectivity index (χ2v) is 14.1.